The lowest BCUT2D eigenvalue weighted by Gasteiger charge is -2.32. The zero-order valence-corrected chi connectivity index (χ0v) is 12.7. The number of carbonyl (C=O) groups is 1. The van der Waals surface area contributed by atoms with Gasteiger partial charge in [0.1, 0.15) is 0 Å². The van der Waals surface area contributed by atoms with Crippen molar-refractivity contribution in [2.45, 2.75) is 52.4 Å². The smallest absolute Gasteiger partial charge is 0.223 e. The number of allylic oxidation sites excluding steroid dienone is 3. The predicted molar refractivity (Wildman–Crippen MR) is 83.0 cm³/mol. The molecule has 2 aliphatic rings. The molecular weight excluding hydrogens is 248 g/mol. The number of hydrogen-bond acceptors (Lipinski definition) is 2. The lowest BCUT2D eigenvalue weighted by atomic mass is 9.84. The average molecular weight is 274 g/mol. The van der Waals surface area contributed by atoms with Crippen LogP contribution in [0.3, 0.4) is 0 Å². The average Bonchev–Trinajstić information content (AvgIpc) is 2.84. The van der Waals surface area contributed by atoms with Gasteiger partial charge in [0.15, 0.2) is 0 Å². The van der Waals surface area contributed by atoms with Gasteiger partial charge in [-0.3, -0.25) is 4.79 Å². The van der Waals surface area contributed by atoms with E-state index in [4.69, 9.17) is 5.41 Å². The molecule has 1 aliphatic heterocycles. The third-order valence-electron chi connectivity index (χ3n) is 4.61. The van der Waals surface area contributed by atoms with Crippen LogP contribution in [0.5, 0.6) is 0 Å². The highest BCUT2D eigenvalue weighted by molar-refractivity contribution is 6.00. The van der Waals surface area contributed by atoms with Gasteiger partial charge in [0.05, 0.1) is 0 Å². The SMILES string of the molecule is C/C=C/C=C1/CN(C(=O)CC2(C)CCCC2)CCC1=N. The number of nitrogens with one attached hydrogen (secondary N) is 1. The Bertz CT molecular complexity index is 442. The molecule has 1 aliphatic carbocycles. The molecule has 20 heavy (non-hydrogen) atoms. The van der Waals surface area contributed by atoms with Gasteiger partial charge in [-0.15, -0.1) is 0 Å². The Morgan fingerprint density at radius 3 is 2.75 bits per heavy atom. The van der Waals surface area contributed by atoms with E-state index in [9.17, 15) is 4.79 Å². The Morgan fingerprint density at radius 1 is 1.40 bits per heavy atom. The summed E-state index contributed by atoms with van der Waals surface area (Å²) >= 11 is 0. The fourth-order valence-electron chi connectivity index (χ4n) is 3.25. The molecule has 1 amide bonds. The number of nitrogens with zero attached hydrogens (tertiary/aromatic N) is 1. The van der Waals surface area contributed by atoms with Gasteiger partial charge < -0.3 is 10.3 Å². The van der Waals surface area contributed by atoms with Crippen molar-refractivity contribution < 1.29 is 4.79 Å². The number of hydrogen-bond donors (Lipinski definition) is 1. The summed E-state index contributed by atoms with van der Waals surface area (Å²) in [6.07, 6.45) is 12.1. The number of piperidine rings is 1. The molecule has 0 aromatic rings. The molecule has 0 radical (unpaired) electrons. The summed E-state index contributed by atoms with van der Waals surface area (Å²) in [5, 5.41) is 7.98. The molecule has 0 aromatic heterocycles. The van der Waals surface area contributed by atoms with Crippen molar-refractivity contribution in [2.75, 3.05) is 13.1 Å². The van der Waals surface area contributed by atoms with Crippen LogP contribution < -0.4 is 0 Å². The maximum Gasteiger partial charge on any atom is 0.223 e. The van der Waals surface area contributed by atoms with Gasteiger partial charge in [-0.25, -0.2) is 0 Å². The lowest BCUT2D eigenvalue weighted by molar-refractivity contribution is -0.133. The first-order valence-corrected chi connectivity index (χ1v) is 7.71. The fourth-order valence-corrected chi connectivity index (χ4v) is 3.25. The highest BCUT2D eigenvalue weighted by Gasteiger charge is 2.33. The molecule has 0 bridgehead atoms. The van der Waals surface area contributed by atoms with E-state index in [1.54, 1.807) is 0 Å². The third-order valence-corrected chi connectivity index (χ3v) is 4.61. The first kappa shape index (κ1) is 15.0. The Labute approximate surface area is 122 Å². The van der Waals surface area contributed by atoms with Gasteiger partial charge in [0.2, 0.25) is 5.91 Å². The minimum Gasteiger partial charge on any atom is -0.338 e. The minimum absolute atomic E-state index is 0.217. The van der Waals surface area contributed by atoms with Crippen molar-refractivity contribution in [2.24, 2.45) is 5.41 Å². The quantitative estimate of drug-likeness (QED) is 0.837. The predicted octanol–water partition coefficient (Wildman–Crippen LogP) is 3.71. The summed E-state index contributed by atoms with van der Waals surface area (Å²) in [5.74, 6) is 0.272. The molecule has 2 fully saturated rings. The number of amides is 1. The van der Waals surface area contributed by atoms with E-state index in [1.165, 1.54) is 25.7 Å². The zero-order valence-electron chi connectivity index (χ0n) is 12.7. The molecule has 0 aromatic carbocycles. The Hall–Kier alpha value is -1.38. The molecule has 3 heteroatoms. The van der Waals surface area contributed by atoms with Gasteiger partial charge in [-0.05, 0) is 30.8 Å². The summed E-state index contributed by atoms with van der Waals surface area (Å²) in [6, 6.07) is 0. The Balaban J connectivity index is 1.98. The standard InChI is InChI=1S/C17H26N2O/c1-3-4-7-14-13-19(11-8-15(14)18)16(20)12-17(2)9-5-6-10-17/h3-4,7,18H,5-6,8-13H2,1-2H3/b4-3+,14-7-,18-15?. The van der Waals surface area contributed by atoms with Gasteiger partial charge in [-0.2, -0.15) is 0 Å². The van der Waals surface area contributed by atoms with Crippen molar-refractivity contribution in [3.8, 4) is 0 Å². The Morgan fingerprint density at radius 2 is 2.10 bits per heavy atom. The number of rotatable bonds is 3. The molecule has 1 heterocycles. The molecule has 1 saturated carbocycles. The van der Waals surface area contributed by atoms with E-state index in [-0.39, 0.29) is 11.3 Å². The number of carbonyl (C=O) groups excluding carboxylic acids is 1. The topological polar surface area (TPSA) is 44.2 Å². The van der Waals surface area contributed by atoms with Crippen LogP contribution in [-0.2, 0) is 4.79 Å². The van der Waals surface area contributed by atoms with Crippen molar-refractivity contribution >= 4 is 11.6 Å². The highest BCUT2D eigenvalue weighted by atomic mass is 16.2. The third kappa shape index (κ3) is 3.59. The first-order valence-electron chi connectivity index (χ1n) is 7.71. The van der Waals surface area contributed by atoms with E-state index >= 15 is 0 Å². The van der Waals surface area contributed by atoms with Crippen molar-refractivity contribution in [3.05, 3.63) is 23.8 Å². The lowest BCUT2D eigenvalue weighted by Crippen LogP contribution is -2.41. The Kier molecular flexibility index (Phi) is 4.79. The van der Waals surface area contributed by atoms with Crippen LogP contribution in [0, 0.1) is 10.8 Å². The maximum absolute atomic E-state index is 12.5. The molecule has 110 valence electrons. The molecule has 1 saturated heterocycles. The van der Waals surface area contributed by atoms with Gasteiger partial charge in [0, 0.05) is 31.6 Å². The first-order chi connectivity index (χ1) is 9.54. The van der Waals surface area contributed by atoms with E-state index in [0.717, 1.165) is 5.57 Å². The van der Waals surface area contributed by atoms with Gasteiger partial charge in [0.25, 0.3) is 0 Å². The normalized spacial score (nSPS) is 24.8. The molecule has 2 rings (SSSR count). The summed E-state index contributed by atoms with van der Waals surface area (Å²) < 4.78 is 0. The maximum atomic E-state index is 12.5. The summed E-state index contributed by atoms with van der Waals surface area (Å²) in [4.78, 5) is 14.4. The minimum atomic E-state index is 0.217. The van der Waals surface area contributed by atoms with E-state index in [1.807, 2.05) is 30.1 Å². The summed E-state index contributed by atoms with van der Waals surface area (Å²) in [7, 11) is 0. The molecule has 0 spiro atoms. The number of likely N-dealkylation sites (tertiary alicyclic amines) is 1. The monoisotopic (exact) mass is 274 g/mol. The highest BCUT2D eigenvalue weighted by Crippen LogP contribution is 2.41. The molecule has 0 atom stereocenters. The molecular formula is C17H26N2O. The summed E-state index contributed by atoms with van der Waals surface area (Å²) in [6.45, 7) is 5.53. The van der Waals surface area contributed by atoms with Gasteiger partial charge in [-0.1, -0.05) is 38.0 Å². The largest absolute Gasteiger partial charge is 0.338 e. The van der Waals surface area contributed by atoms with Crippen molar-refractivity contribution in [1.29, 1.82) is 5.41 Å². The van der Waals surface area contributed by atoms with Crippen LogP contribution in [0.25, 0.3) is 0 Å². The second-order valence-electron chi connectivity index (χ2n) is 6.46. The van der Waals surface area contributed by atoms with Crippen LogP contribution in [0.15, 0.2) is 23.8 Å². The van der Waals surface area contributed by atoms with Crippen molar-refractivity contribution in [1.82, 2.24) is 4.90 Å². The zero-order chi connectivity index (χ0) is 14.6. The fraction of sp³-hybridized carbons (Fsp3) is 0.647. The van der Waals surface area contributed by atoms with Crippen molar-refractivity contribution in [3.63, 3.8) is 0 Å². The second-order valence-corrected chi connectivity index (χ2v) is 6.46. The molecule has 1 N–H and O–H groups in total. The van der Waals surface area contributed by atoms with E-state index in [0.29, 0.717) is 31.6 Å². The van der Waals surface area contributed by atoms with Crippen LogP contribution in [0.2, 0.25) is 0 Å². The molecule has 3 nitrogen and oxygen atoms in total. The van der Waals surface area contributed by atoms with E-state index < -0.39 is 0 Å². The van der Waals surface area contributed by atoms with Crippen LogP contribution in [0.1, 0.15) is 52.4 Å². The summed E-state index contributed by atoms with van der Waals surface area (Å²) in [5.41, 5.74) is 1.88. The van der Waals surface area contributed by atoms with Crippen LogP contribution in [-0.4, -0.2) is 29.6 Å². The molecule has 0 unspecified atom stereocenters. The van der Waals surface area contributed by atoms with E-state index in [2.05, 4.69) is 6.92 Å². The van der Waals surface area contributed by atoms with Gasteiger partial charge >= 0.3 is 0 Å². The van der Waals surface area contributed by atoms with Crippen LogP contribution >= 0.6 is 0 Å². The second kappa shape index (κ2) is 6.38. The van der Waals surface area contributed by atoms with Crippen LogP contribution in [0.4, 0.5) is 0 Å².